The van der Waals surface area contributed by atoms with Crippen LogP contribution in [-0.4, -0.2) is 22.6 Å². The van der Waals surface area contributed by atoms with Gasteiger partial charge in [-0.2, -0.15) is 0 Å². The second kappa shape index (κ2) is 6.56. The van der Waals surface area contributed by atoms with E-state index in [4.69, 9.17) is 0 Å². The normalized spacial score (nSPS) is 17.6. The number of hydrogen-bond donors (Lipinski definition) is 1. The maximum atomic E-state index is 12.3. The Bertz CT molecular complexity index is 382. The highest BCUT2D eigenvalue weighted by molar-refractivity contribution is 7.84. The lowest BCUT2D eigenvalue weighted by atomic mass is 9.87. The first-order chi connectivity index (χ1) is 8.28. The van der Waals surface area contributed by atoms with Gasteiger partial charge in [-0.25, -0.2) is 8.93 Å². The molecule has 112 valence electrons. The van der Waals surface area contributed by atoms with Crippen LogP contribution in [0, 0.1) is 17.4 Å². The predicted molar refractivity (Wildman–Crippen MR) is 90.0 cm³/mol. The van der Waals surface area contributed by atoms with E-state index in [0.29, 0.717) is 5.92 Å². The van der Waals surface area contributed by atoms with E-state index in [2.05, 4.69) is 56.6 Å². The number of hydrogen-bond acceptors (Lipinski definition) is 1. The summed E-state index contributed by atoms with van der Waals surface area (Å²) < 4.78 is 15.4. The van der Waals surface area contributed by atoms with Crippen molar-refractivity contribution in [3.63, 3.8) is 0 Å². The molecule has 0 aliphatic heterocycles. The summed E-state index contributed by atoms with van der Waals surface area (Å²) in [5.41, 5.74) is 3.19. The summed E-state index contributed by atoms with van der Waals surface area (Å²) in [6.45, 7) is 19.1. The van der Waals surface area contributed by atoms with Gasteiger partial charge < -0.3 is 0 Å². The van der Waals surface area contributed by atoms with Gasteiger partial charge in [0.25, 0.3) is 0 Å². The van der Waals surface area contributed by atoms with Crippen molar-refractivity contribution >= 4 is 19.1 Å². The van der Waals surface area contributed by atoms with Gasteiger partial charge in [0.15, 0.2) is 0 Å². The first-order valence-corrected chi connectivity index (χ1v) is 11.6. The maximum absolute atomic E-state index is 12.3. The van der Waals surface area contributed by atoms with E-state index in [0.717, 1.165) is 6.42 Å². The molecule has 0 rings (SSSR count). The van der Waals surface area contributed by atoms with Crippen molar-refractivity contribution < 1.29 is 4.21 Å². The second-order valence-corrected chi connectivity index (χ2v) is 14.5. The maximum Gasteiger partial charge on any atom is 0.129 e. The van der Waals surface area contributed by atoms with Gasteiger partial charge in [0.1, 0.15) is 8.07 Å². The third-order valence-corrected chi connectivity index (χ3v) is 5.77. The van der Waals surface area contributed by atoms with Crippen LogP contribution in [0.15, 0.2) is 0 Å². The zero-order valence-electron chi connectivity index (χ0n) is 14.1. The van der Waals surface area contributed by atoms with E-state index in [9.17, 15) is 4.21 Å². The topological polar surface area (TPSA) is 29.1 Å². The molecule has 0 aromatic rings. The second-order valence-electron chi connectivity index (χ2n) is 7.78. The van der Waals surface area contributed by atoms with Crippen molar-refractivity contribution in [3.05, 3.63) is 0 Å². The Labute approximate surface area is 123 Å². The van der Waals surface area contributed by atoms with Crippen molar-refractivity contribution in [2.45, 2.75) is 77.9 Å². The van der Waals surface area contributed by atoms with E-state index >= 15 is 0 Å². The van der Waals surface area contributed by atoms with Crippen molar-refractivity contribution in [1.29, 1.82) is 0 Å². The quantitative estimate of drug-likeness (QED) is 0.622. The van der Waals surface area contributed by atoms with E-state index in [1.54, 1.807) is 0 Å². The summed E-state index contributed by atoms with van der Waals surface area (Å²) >= 11 is 0. The van der Waals surface area contributed by atoms with Crippen LogP contribution in [0.2, 0.25) is 19.6 Å². The molecule has 2 unspecified atom stereocenters. The summed E-state index contributed by atoms with van der Waals surface area (Å²) in [6.07, 6.45) is 0.747. The Kier molecular flexibility index (Phi) is 6.52. The minimum Gasteiger partial charge on any atom is -0.242 e. The molecule has 0 saturated heterocycles. The average molecular weight is 302 g/mol. The Balaban J connectivity index is 4.97. The van der Waals surface area contributed by atoms with Gasteiger partial charge >= 0.3 is 0 Å². The molecule has 1 N–H and O–H groups in total. The van der Waals surface area contributed by atoms with Gasteiger partial charge in [-0.15, -0.1) is 11.5 Å². The van der Waals surface area contributed by atoms with Gasteiger partial charge in [0.05, 0.1) is 15.7 Å². The SMILES string of the molecule is CC(C)C(C)(CC#C[Si](C)(C)C)NS(=O)C(C)(C)C. The van der Waals surface area contributed by atoms with Crippen molar-refractivity contribution in [1.82, 2.24) is 4.72 Å². The first kappa shape index (κ1) is 18.9. The van der Waals surface area contributed by atoms with E-state index < -0.39 is 19.1 Å². The molecule has 0 heterocycles. The van der Waals surface area contributed by atoms with Crippen LogP contribution in [0.3, 0.4) is 0 Å². The standard InChI is InChI=1S/C15H31NOSSi/c1-13(2)15(6,11-10-12-19(7,8)9)16-18(17)14(3,4)5/h13,16H,11H2,1-9H3. The molecule has 2 atom stereocenters. The van der Waals surface area contributed by atoms with Crippen LogP contribution in [0.5, 0.6) is 0 Å². The Morgan fingerprint density at radius 2 is 1.63 bits per heavy atom. The molecule has 0 radical (unpaired) electrons. The minimum absolute atomic E-state index is 0.204. The lowest BCUT2D eigenvalue weighted by Gasteiger charge is -2.35. The molecule has 0 spiro atoms. The summed E-state index contributed by atoms with van der Waals surface area (Å²) in [5.74, 6) is 3.70. The smallest absolute Gasteiger partial charge is 0.129 e. The molecular weight excluding hydrogens is 270 g/mol. The molecule has 0 aromatic heterocycles. The molecule has 0 aliphatic carbocycles. The zero-order valence-corrected chi connectivity index (χ0v) is 15.9. The molecule has 0 fully saturated rings. The molecule has 2 nitrogen and oxygen atoms in total. The van der Waals surface area contributed by atoms with E-state index in [-0.39, 0.29) is 10.3 Å². The molecule has 0 aliphatic rings. The summed E-state index contributed by atoms with van der Waals surface area (Å²) in [5, 5.41) is 0. The largest absolute Gasteiger partial charge is 0.242 e. The zero-order chi connectivity index (χ0) is 15.5. The molecule has 0 bridgehead atoms. The monoisotopic (exact) mass is 301 g/mol. The van der Waals surface area contributed by atoms with Crippen LogP contribution in [0.4, 0.5) is 0 Å². The fourth-order valence-electron chi connectivity index (χ4n) is 1.22. The summed E-state index contributed by atoms with van der Waals surface area (Å²) in [6, 6.07) is 0. The van der Waals surface area contributed by atoms with Gasteiger partial charge in [-0.1, -0.05) is 33.5 Å². The molecule has 0 saturated carbocycles. The highest BCUT2D eigenvalue weighted by Crippen LogP contribution is 2.23. The minimum atomic E-state index is -1.33. The lowest BCUT2D eigenvalue weighted by molar-refractivity contribution is 0.316. The van der Waals surface area contributed by atoms with Gasteiger partial charge in [0, 0.05) is 12.0 Å². The third-order valence-electron chi connectivity index (χ3n) is 3.08. The molecule has 4 heteroatoms. The van der Waals surface area contributed by atoms with Crippen molar-refractivity contribution in [2.75, 3.05) is 0 Å². The van der Waals surface area contributed by atoms with Crippen LogP contribution >= 0.6 is 0 Å². The Morgan fingerprint density at radius 3 is 1.95 bits per heavy atom. The van der Waals surface area contributed by atoms with E-state index in [1.807, 2.05) is 20.8 Å². The average Bonchev–Trinajstić information content (AvgIpc) is 2.13. The van der Waals surface area contributed by atoms with Crippen molar-refractivity contribution in [3.8, 4) is 11.5 Å². The van der Waals surface area contributed by atoms with E-state index in [1.165, 1.54) is 0 Å². The number of nitrogens with one attached hydrogen (secondary N) is 1. The molecule has 0 amide bonds. The van der Waals surface area contributed by atoms with Crippen molar-refractivity contribution in [2.24, 2.45) is 5.92 Å². The summed E-state index contributed by atoms with van der Waals surface area (Å²) in [7, 11) is -2.39. The van der Waals surface area contributed by atoms with Crippen LogP contribution < -0.4 is 4.72 Å². The van der Waals surface area contributed by atoms with Crippen LogP contribution in [0.25, 0.3) is 0 Å². The van der Waals surface area contributed by atoms with Crippen LogP contribution in [-0.2, 0) is 11.0 Å². The predicted octanol–water partition coefficient (Wildman–Crippen LogP) is 3.72. The lowest BCUT2D eigenvalue weighted by Crippen LogP contribution is -2.51. The van der Waals surface area contributed by atoms with Gasteiger partial charge in [0.2, 0.25) is 0 Å². The van der Waals surface area contributed by atoms with Crippen LogP contribution in [0.1, 0.15) is 48.0 Å². The molecule has 0 aromatic carbocycles. The Hall–Kier alpha value is -0.113. The fourth-order valence-corrected chi connectivity index (χ4v) is 2.87. The molecular formula is C15H31NOSSi. The Morgan fingerprint density at radius 1 is 1.16 bits per heavy atom. The fraction of sp³-hybridized carbons (Fsp3) is 0.867. The van der Waals surface area contributed by atoms with Gasteiger partial charge in [-0.3, -0.25) is 0 Å². The van der Waals surface area contributed by atoms with Gasteiger partial charge in [-0.05, 0) is 33.6 Å². The molecule has 19 heavy (non-hydrogen) atoms. The number of rotatable bonds is 4. The third kappa shape index (κ3) is 7.29. The summed E-state index contributed by atoms with van der Waals surface area (Å²) in [4.78, 5) is 0. The highest BCUT2D eigenvalue weighted by Gasteiger charge is 2.33. The first-order valence-electron chi connectivity index (χ1n) is 6.98. The highest BCUT2D eigenvalue weighted by atomic mass is 32.2.